The number of Topliss-reactive ketones (excluding diaryl/α,β-unsaturated/α-hetero) is 1. The third-order valence-corrected chi connectivity index (χ3v) is 12.6. The van der Waals surface area contributed by atoms with E-state index in [1.807, 2.05) is 0 Å². The number of hydrogen-bond acceptors (Lipinski definition) is 12. The molecule has 252 valence electrons. The van der Waals surface area contributed by atoms with Gasteiger partial charge in [0.15, 0.2) is 5.78 Å². The highest BCUT2D eigenvalue weighted by atomic mass is 33.1. The molecule has 4 aliphatic rings. The second-order valence-electron chi connectivity index (χ2n) is 13.1. The molecule has 11 nitrogen and oxygen atoms in total. The van der Waals surface area contributed by atoms with Gasteiger partial charge < -0.3 is 44.5 Å². The third-order valence-electron chi connectivity index (χ3n) is 10.4. The van der Waals surface area contributed by atoms with Gasteiger partial charge in [-0.1, -0.05) is 40.5 Å². The Morgan fingerprint density at radius 1 is 1.07 bits per heavy atom. The maximum Gasteiger partial charge on any atom is 0.335 e. The monoisotopic (exact) mass is 678 g/mol. The molecule has 2 aromatic carbocycles. The van der Waals surface area contributed by atoms with Crippen molar-refractivity contribution in [1.82, 2.24) is 0 Å². The number of aliphatic hydroxyl groups is 3. The molecule has 5 N–H and O–H groups in total. The summed E-state index contributed by atoms with van der Waals surface area (Å²) in [7, 11) is 3.21. The Kier molecular flexibility index (Phi) is 10.1. The van der Waals surface area contributed by atoms with Gasteiger partial charge in [0, 0.05) is 12.4 Å². The molecule has 13 heteroatoms. The van der Waals surface area contributed by atoms with Crippen LogP contribution in [0.1, 0.15) is 65.3 Å². The number of rotatable bonds is 5. The average molecular weight is 679 g/mol. The minimum absolute atomic E-state index is 0.0515. The summed E-state index contributed by atoms with van der Waals surface area (Å²) < 4.78 is 24.6. The quantitative estimate of drug-likeness (QED) is 0.226. The van der Waals surface area contributed by atoms with Crippen molar-refractivity contribution in [2.45, 2.75) is 76.2 Å². The van der Waals surface area contributed by atoms with Crippen molar-refractivity contribution in [2.75, 3.05) is 31.5 Å². The Balaban J connectivity index is 1.32. The van der Waals surface area contributed by atoms with Crippen LogP contribution in [-0.2, 0) is 14.2 Å². The number of carboxylic acid groups (broad SMARTS) is 1. The normalized spacial score (nSPS) is 35.2. The first-order valence-electron chi connectivity index (χ1n) is 15.9. The van der Waals surface area contributed by atoms with E-state index in [9.17, 15) is 35.1 Å². The van der Waals surface area contributed by atoms with Crippen LogP contribution in [0.5, 0.6) is 11.5 Å². The molecule has 0 aromatic heterocycles. The standard InChI is InChI=1S/C33H42O11S2/c1-16-8-20-9-21(31(39)40)10-23(27(20)28(36)25(16)17(2)35)43-32-29(37)30(38)33(24(11-34)44-32)7-6-18-4-3-5-19-12-41-13-22(26(18)19)14-45-46-15-42-33/h8-10,18-19,22,24,26,29-30,32,34,36-38H,3-7,11-15H2,1-2H3,(H,39,40)/t18-,19+,22+,24-,26+,29-,30-,32-,33-/m1/s1. The van der Waals surface area contributed by atoms with Crippen molar-refractivity contribution >= 4 is 44.1 Å². The summed E-state index contributed by atoms with van der Waals surface area (Å²) in [6.45, 7) is 3.90. The highest BCUT2D eigenvalue weighted by molar-refractivity contribution is 8.76. The Labute approximate surface area is 275 Å². The molecular formula is C33H42O11S2. The van der Waals surface area contributed by atoms with E-state index in [1.54, 1.807) is 23.8 Å². The Morgan fingerprint density at radius 2 is 1.83 bits per heavy atom. The van der Waals surface area contributed by atoms with E-state index in [1.165, 1.54) is 29.9 Å². The summed E-state index contributed by atoms with van der Waals surface area (Å²) in [5, 5.41) is 55.3. The molecule has 4 fully saturated rings. The molecule has 0 amide bonds. The molecule has 3 heterocycles. The first-order chi connectivity index (χ1) is 22.1. The van der Waals surface area contributed by atoms with Crippen LogP contribution in [0.3, 0.4) is 0 Å². The number of hydrogen-bond donors (Lipinski definition) is 5. The van der Waals surface area contributed by atoms with E-state index in [0.29, 0.717) is 47.5 Å². The SMILES string of the molecule is CC(=O)c1c(C)cc2cc(C(=O)O)cc(O[C@@H]3O[C@H](CO)[C@]4(CC[C@H]5CCC[C@H]6COC[C@@H](CSSCO4)[C@@H]56)[C@H](O)[C@H]3O)c2c1O. The number of benzene rings is 2. The molecule has 0 radical (unpaired) electrons. The number of carbonyl (C=O) groups excluding carboxylic acids is 1. The van der Waals surface area contributed by atoms with Gasteiger partial charge in [-0.05, 0) is 79.9 Å². The lowest BCUT2D eigenvalue weighted by atomic mass is 9.63. The van der Waals surface area contributed by atoms with Gasteiger partial charge in [0.1, 0.15) is 41.4 Å². The first-order valence-corrected chi connectivity index (χ1v) is 18.3. The molecule has 0 bridgehead atoms. The van der Waals surface area contributed by atoms with Crippen LogP contribution in [0.15, 0.2) is 18.2 Å². The van der Waals surface area contributed by atoms with Gasteiger partial charge >= 0.3 is 5.97 Å². The number of phenols is 1. The second kappa shape index (κ2) is 13.8. The van der Waals surface area contributed by atoms with Gasteiger partial charge in [0.25, 0.3) is 0 Å². The van der Waals surface area contributed by atoms with Crippen molar-refractivity contribution < 1.29 is 54.1 Å². The highest BCUT2D eigenvalue weighted by Crippen LogP contribution is 2.49. The molecule has 6 rings (SSSR count). The minimum atomic E-state index is -1.66. The zero-order valence-electron chi connectivity index (χ0n) is 25.9. The fourth-order valence-electron chi connectivity index (χ4n) is 8.32. The zero-order valence-corrected chi connectivity index (χ0v) is 27.6. The van der Waals surface area contributed by atoms with Crippen molar-refractivity contribution in [3.05, 3.63) is 34.9 Å². The number of ether oxygens (including phenoxy) is 4. The van der Waals surface area contributed by atoms with Gasteiger partial charge in [-0.25, -0.2) is 4.79 Å². The van der Waals surface area contributed by atoms with Crippen LogP contribution in [0.2, 0.25) is 0 Å². The van der Waals surface area contributed by atoms with E-state index in [4.69, 9.17) is 18.9 Å². The summed E-state index contributed by atoms with van der Waals surface area (Å²) in [5.74, 6) is 0.711. The van der Waals surface area contributed by atoms with Gasteiger partial charge in [-0.2, -0.15) is 0 Å². The van der Waals surface area contributed by atoms with Crippen LogP contribution in [0.25, 0.3) is 10.8 Å². The smallest absolute Gasteiger partial charge is 0.335 e. The maximum atomic E-state index is 12.4. The number of aromatic carboxylic acids is 1. The lowest BCUT2D eigenvalue weighted by Crippen LogP contribution is -2.69. The first kappa shape index (κ1) is 33.8. The Bertz CT molecular complexity index is 1460. The predicted octanol–water partition coefficient (Wildman–Crippen LogP) is 4.14. The van der Waals surface area contributed by atoms with Gasteiger partial charge in [-0.3, -0.25) is 4.79 Å². The number of aryl methyl sites for hydroxylation is 1. The van der Waals surface area contributed by atoms with E-state index in [2.05, 4.69) is 0 Å². The predicted molar refractivity (Wildman–Crippen MR) is 172 cm³/mol. The topological polar surface area (TPSA) is 172 Å². The molecule has 1 aliphatic carbocycles. The minimum Gasteiger partial charge on any atom is -0.506 e. The Hall–Kier alpha value is -2.10. The van der Waals surface area contributed by atoms with Crippen molar-refractivity contribution in [3.8, 4) is 11.5 Å². The van der Waals surface area contributed by atoms with Gasteiger partial charge in [0.2, 0.25) is 6.29 Å². The zero-order chi connectivity index (χ0) is 32.7. The van der Waals surface area contributed by atoms with Crippen LogP contribution in [0, 0.1) is 30.6 Å². The van der Waals surface area contributed by atoms with Crippen molar-refractivity contribution in [2.24, 2.45) is 23.7 Å². The number of aromatic hydroxyl groups is 1. The summed E-state index contributed by atoms with van der Waals surface area (Å²) >= 11 is 0. The second-order valence-corrected chi connectivity index (χ2v) is 15.5. The molecule has 2 aromatic rings. The molecule has 1 saturated carbocycles. The van der Waals surface area contributed by atoms with Gasteiger partial charge in [0.05, 0.1) is 29.7 Å². The van der Waals surface area contributed by atoms with Crippen molar-refractivity contribution in [3.63, 3.8) is 0 Å². The molecule has 3 aliphatic heterocycles. The van der Waals surface area contributed by atoms with Crippen LogP contribution in [0.4, 0.5) is 0 Å². The largest absolute Gasteiger partial charge is 0.506 e. The number of aliphatic hydroxyl groups excluding tert-OH is 3. The van der Waals surface area contributed by atoms with E-state index in [0.717, 1.165) is 38.2 Å². The molecule has 46 heavy (non-hydrogen) atoms. The molecule has 3 saturated heterocycles. The third kappa shape index (κ3) is 6.13. The molecule has 9 atom stereocenters. The van der Waals surface area contributed by atoms with Crippen LogP contribution >= 0.6 is 21.6 Å². The summed E-state index contributed by atoms with van der Waals surface area (Å²) in [5.41, 5.74) is -1.09. The lowest BCUT2D eigenvalue weighted by Gasteiger charge is -2.51. The fraction of sp³-hybridized carbons (Fsp3) is 0.636. The van der Waals surface area contributed by atoms with E-state index >= 15 is 0 Å². The number of phenolic OH excluding ortho intramolecular Hbond substituents is 1. The number of carboxylic acids is 1. The number of fused-ring (bicyclic) bond motifs is 1. The summed E-state index contributed by atoms with van der Waals surface area (Å²) in [4.78, 5) is 24.4. The fourth-order valence-corrected chi connectivity index (χ4v) is 10.4. The lowest BCUT2D eigenvalue weighted by molar-refractivity contribution is -0.322. The van der Waals surface area contributed by atoms with Crippen molar-refractivity contribution in [1.29, 1.82) is 0 Å². The molecule has 1 spiro atoms. The highest BCUT2D eigenvalue weighted by Gasteiger charge is 2.58. The summed E-state index contributed by atoms with van der Waals surface area (Å²) in [6, 6.07) is 4.10. The summed E-state index contributed by atoms with van der Waals surface area (Å²) in [6.07, 6.45) is -1.50. The number of carbonyl (C=O) groups is 2. The average Bonchev–Trinajstić information content (AvgIpc) is 3.05. The maximum absolute atomic E-state index is 12.4. The van der Waals surface area contributed by atoms with E-state index in [-0.39, 0.29) is 28.2 Å². The molecular weight excluding hydrogens is 636 g/mol. The molecule has 0 unspecified atom stereocenters. The van der Waals surface area contributed by atoms with Crippen LogP contribution in [-0.4, -0.2) is 99.0 Å². The van der Waals surface area contributed by atoms with E-state index < -0.39 is 54.3 Å². The number of ketones is 1. The van der Waals surface area contributed by atoms with Gasteiger partial charge in [-0.15, -0.1) is 0 Å². The van der Waals surface area contributed by atoms with Crippen LogP contribution < -0.4 is 4.74 Å². The Morgan fingerprint density at radius 3 is 2.57 bits per heavy atom.